The Labute approximate surface area is 104 Å². The Balaban J connectivity index is 2.08. The van der Waals surface area contributed by atoms with Crippen molar-refractivity contribution in [3.63, 3.8) is 0 Å². The van der Waals surface area contributed by atoms with Crippen molar-refractivity contribution in [2.24, 2.45) is 0 Å². The van der Waals surface area contributed by atoms with Gasteiger partial charge in [0.1, 0.15) is 0 Å². The zero-order valence-corrected chi connectivity index (χ0v) is 10.4. The number of carbonyl (C=O) groups is 1. The van der Waals surface area contributed by atoms with Gasteiger partial charge in [-0.3, -0.25) is 4.79 Å². The van der Waals surface area contributed by atoms with Crippen molar-refractivity contribution in [3.05, 3.63) is 46.3 Å². The highest BCUT2D eigenvalue weighted by Gasteiger charge is 2.17. The third-order valence-electron chi connectivity index (χ3n) is 3.06. The van der Waals surface area contributed by atoms with Crippen LogP contribution in [0.25, 0.3) is 10.4 Å². The van der Waals surface area contributed by atoms with E-state index in [0.29, 0.717) is 0 Å². The number of thiophene rings is 1. The SMILES string of the molecule is Cc1ccc(-c2ccc3c(c2)C(=O)NCC3)s1. The van der Waals surface area contributed by atoms with E-state index in [1.807, 2.05) is 6.07 Å². The molecule has 0 radical (unpaired) electrons. The molecule has 3 rings (SSSR count). The summed E-state index contributed by atoms with van der Waals surface area (Å²) in [4.78, 5) is 14.3. The van der Waals surface area contributed by atoms with Gasteiger partial charge in [-0.05, 0) is 42.7 Å². The molecule has 1 aromatic heterocycles. The fraction of sp³-hybridized carbons (Fsp3) is 0.214. The van der Waals surface area contributed by atoms with Gasteiger partial charge >= 0.3 is 0 Å². The molecule has 1 aliphatic rings. The van der Waals surface area contributed by atoms with Crippen LogP contribution in [0.1, 0.15) is 20.8 Å². The molecule has 0 aliphatic carbocycles. The molecule has 1 aromatic carbocycles. The van der Waals surface area contributed by atoms with Gasteiger partial charge in [0.25, 0.3) is 5.91 Å². The van der Waals surface area contributed by atoms with E-state index in [4.69, 9.17) is 0 Å². The van der Waals surface area contributed by atoms with Gasteiger partial charge in [-0.1, -0.05) is 12.1 Å². The van der Waals surface area contributed by atoms with Crippen LogP contribution in [0.2, 0.25) is 0 Å². The van der Waals surface area contributed by atoms with Crippen LogP contribution in [0.15, 0.2) is 30.3 Å². The van der Waals surface area contributed by atoms with Crippen LogP contribution in [-0.4, -0.2) is 12.5 Å². The number of benzene rings is 1. The predicted octanol–water partition coefficient (Wildman–Crippen LogP) is 3.01. The van der Waals surface area contributed by atoms with E-state index in [2.05, 4.69) is 36.5 Å². The monoisotopic (exact) mass is 243 g/mol. The van der Waals surface area contributed by atoms with E-state index >= 15 is 0 Å². The van der Waals surface area contributed by atoms with Crippen LogP contribution in [0.3, 0.4) is 0 Å². The number of hydrogen-bond acceptors (Lipinski definition) is 2. The second-order valence-electron chi connectivity index (χ2n) is 4.29. The molecule has 0 bridgehead atoms. The lowest BCUT2D eigenvalue weighted by Gasteiger charge is -2.16. The van der Waals surface area contributed by atoms with Crippen LogP contribution in [0.5, 0.6) is 0 Å². The number of carbonyl (C=O) groups excluding carboxylic acids is 1. The zero-order valence-electron chi connectivity index (χ0n) is 9.62. The molecule has 3 heteroatoms. The largest absolute Gasteiger partial charge is 0.352 e. The number of amides is 1. The molecular formula is C14H13NOS. The Bertz CT molecular complexity index is 586. The molecule has 2 heterocycles. The maximum atomic E-state index is 11.8. The van der Waals surface area contributed by atoms with Gasteiger partial charge in [-0.25, -0.2) is 0 Å². The summed E-state index contributed by atoms with van der Waals surface area (Å²) < 4.78 is 0. The molecule has 0 fully saturated rings. The van der Waals surface area contributed by atoms with Gasteiger partial charge in [0.05, 0.1) is 0 Å². The van der Waals surface area contributed by atoms with Crippen LogP contribution in [-0.2, 0) is 6.42 Å². The zero-order chi connectivity index (χ0) is 11.8. The first kappa shape index (κ1) is 10.5. The number of nitrogens with one attached hydrogen (secondary N) is 1. The summed E-state index contributed by atoms with van der Waals surface area (Å²) >= 11 is 1.76. The number of fused-ring (bicyclic) bond motifs is 1. The van der Waals surface area contributed by atoms with Gasteiger partial charge in [0.15, 0.2) is 0 Å². The van der Waals surface area contributed by atoms with Gasteiger partial charge < -0.3 is 5.32 Å². The second kappa shape index (κ2) is 4.00. The highest BCUT2D eigenvalue weighted by molar-refractivity contribution is 7.15. The third kappa shape index (κ3) is 1.87. The smallest absolute Gasteiger partial charge is 0.251 e. The minimum Gasteiger partial charge on any atom is -0.352 e. The molecular weight excluding hydrogens is 230 g/mol. The van der Waals surface area contributed by atoms with Gasteiger partial charge in [-0.15, -0.1) is 11.3 Å². The first-order valence-electron chi connectivity index (χ1n) is 5.72. The van der Waals surface area contributed by atoms with E-state index in [0.717, 1.165) is 29.7 Å². The number of aryl methyl sites for hydroxylation is 1. The molecule has 17 heavy (non-hydrogen) atoms. The number of hydrogen-bond donors (Lipinski definition) is 1. The minimum atomic E-state index is 0.0568. The van der Waals surface area contributed by atoms with E-state index < -0.39 is 0 Å². The summed E-state index contributed by atoms with van der Waals surface area (Å²) in [5.41, 5.74) is 3.13. The molecule has 2 aromatic rings. The first-order chi connectivity index (χ1) is 8.24. The van der Waals surface area contributed by atoms with E-state index in [9.17, 15) is 4.79 Å². The molecule has 2 nitrogen and oxygen atoms in total. The predicted molar refractivity (Wildman–Crippen MR) is 70.5 cm³/mol. The summed E-state index contributed by atoms with van der Waals surface area (Å²) in [5.74, 6) is 0.0568. The normalized spacial score (nSPS) is 14.3. The molecule has 0 unspecified atom stereocenters. The Morgan fingerprint density at radius 3 is 2.88 bits per heavy atom. The molecule has 0 saturated carbocycles. The summed E-state index contributed by atoms with van der Waals surface area (Å²) in [6, 6.07) is 10.4. The average Bonchev–Trinajstić information content (AvgIpc) is 2.76. The number of rotatable bonds is 1. The van der Waals surface area contributed by atoms with Crippen LogP contribution >= 0.6 is 11.3 Å². The lowest BCUT2D eigenvalue weighted by Crippen LogP contribution is -2.31. The average molecular weight is 243 g/mol. The summed E-state index contributed by atoms with van der Waals surface area (Å²) in [5, 5.41) is 2.89. The minimum absolute atomic E-state index is 0.0568. The van der Waals surface area contributed by atoms with Crippen LogP contribution < -0.4 is 5.32 Å². The van der Waals surface area contributed by atoms with E-state index in [-0.39, 0.29) is 5.91 Å². The van der Waals surface area contributed by atoms with Crippen molar-refractivity contribution in [1.29, 1.82) is 0 Å². The first-order valence-corrected chi connectivity index (χ1v) is 6.53. The highest BCUT2D eigenvalue weighted by atomic mass is 32.1. The van der Waals surface area contributed by atoms with Crippen molar-refractivity contribution in [1.82, 2.24) is 5.32 Å². The highest BCUT2D eigenvalue weighted by Crippen LogP contribution is 2.29. The van der Waals surface area contributed by atoms with E-state index in [1.54, 1.807) is 11.3 Å². The van der Waals surface area contributed by atoms with Crippen molar-refractivity contribution in [3.8, 4) is 10.4 Å². The maximum absolute atomic E-state index is 11.8. The summed E-state index contributed by atoms with van der Waals surface area (Å²) in [6.07, 6.45) is 0.935. The standard InChI is InChI=1S/C14H13NOS/c1-9-2-5-13(17-9)11-4-3-10-6-7-15-14(16)12(10)8-11/h2-5,8H,6-7H2,1H3,(H,15,16). The summed E-state index contributed by atoms with van der Waals surface area (Å²) in [7, 11) is 0. The maximum Gasteiger partial charge on any atom is 0.251 e. The summed E-state index contributed by atoms with van der Waals surface area (Å²) in [6.45, 7) is 2.85. The second-order valence-corrected chi connectivity index (χ2v) is 5.58. The van der Waals surface area contributed by atoms with E-state index in [1.165, 1.54) is 9.75 Å². The van der Waals surface area contributed by atoms with Gasteiger partial charge in [0, 0.05) is 21.9 Å². The van der Waals surface area contributed by atoms with Crippen molar-refractivity contribution in [2.45, 2.75) is 13.3 Å². The molecule has 0 spiro atoms. The lowest BCUT2D eigenvalue weighted by atomic mass is 9.97. The third-order valence-corrected chi connectivity index (χ3v) is 4.11. The fourth-order valence-corrected chi connectivity index (χ4v) is 3.02. The van der Waals surface area contributed by atoms with Crippen LogP contribution in [0, 0.1) is 6.92 Å². The van der Waals surface area contributed by atoms with Gasteiger partial charge in [0.2, 0.25) is 0 Å². The Kier molecular flexibility index (Phi) is 2.48. The fourth-order valence-electron chi connectivity index (χ4n) is 2.15. The van der Waals surface area contributed by atoms with Crippen molar-refractivity contribution < 1.29 is 4.79 Å². The molecule has 1 N–H and O–H groups in total. The molecule has 86 valence electrons. The molecule has 1 aliphatic heterocycles. The molecule has 1 amide bonds. The van der Waals surface area contributed by atoms with Crippen molar-refractivity contribution >= 4 is 17.2 Å². The van der Waals surface area contributed by atoms with Crippen molar-refractivity contribution in [2.75, 3.05) is 6.54 Å². The molecule has 0 saturated heterocycles. The van der Waals surface area contributed by atoms with Gasteiger partial charge in [-0.2, -0.15) is 0 Å². The Morgan fingerprint density at radius 2 is 2.12 bits per heavy atom. The lowest BCUT2D eigenvalue weighted by molar-refractivity contribution is 0.0946. The van der Waals surface area contributed by atoms with Crippen LogP contribution in [0.4, 0.5) is 0 Å². The topological polar surface area (TPSA) is 29.1 Å². The quantitative estimate of drug-likeness (QED) is 0.819. The Morgan fingerprint density at radius 1 is 1.24 bits per heavy atom. The Hall–Kier alpha value is -1.61. The molecule has 0 atom stereocenters.